The third kappa shape index (κ3) is 3.34. The fourth-order valence-electron chi connectivity index (χ4n) is 2.03. The number of hydrogen-bond donors (Lipinski definition) is 1. The van der Waals surface area contributed by atoms with E-state index in [1.165, 1.54) is 11.1 Å². The van der Waals surface area contributed by atoms with Crippen LogP contribution < -0.4 is 10.5 Å². The minimum Gasteiger partial charge on any atom is -0.489 e. The van der Waals surface area contributed by atoms with Crippen LogP contribution in [0.5, 0.6) is 5.75 Å². The SMILES string of the molecule is Cc1cc(C)cc(OCc2cccc(CN)c2)c1. The molecule has 0 heterocycles. The zero-order valence-electron chi connectivity index (χ0n) is 10.9. The van der Waals surface area contributed by atoms with Gasteiger partial charge in [0.15, 0.2) is 0 Å². The van der Waals surface area contributed by atoms with Crippen LogP contribution in [0.25, 0.3) is 0 Å². The molecule has 2 heteroatoms. The molecule has 2 rings (SSSR count). The molecule has 94 valence electrons. The van der Waals surface area contributed by atoms with E-state index >= 15 is 0 Å². The second kappa shape index (κ2) is 5.69. The first-order valence-corrected chi connectivity index (χ1v) is 6.16. The average molecular weight is 241 g/mol. The Morgan fingerprint density at radius 3 is 2.28 bits per heavy atom. The third-order valence-electron chi connectivity index (χ3n) is 2.83. The van der Waals surface area contributed by atoms with E-state index in [-0.39, 0.29) is 0 Å². The highest BCUT2D eigenvalue weighted by Crippen LogP contribution is 2.18. The number of ether oxygens (including phenoxy) is 1. The summed E-state index contributed by atoms with van der Waals surface area (Å²) in [6.45, 7) is 5.30. The maximum Gasteiger partial charge on any atom is 0.120 e. The largest absolute Gasteiger partial charge is 0.489 e. The number of nitrogens with two attached hydrogens (primary N) is 1. The summed E-state index contributed by atoms with van der Waals surface area (Å²) in [5.74, 6) is 0.922. The van der Waals surface area contributed by atoms with Crippen molar-refractivity contribution >= 4 is 0 Å². The molecule has 0 bridgehead atoms. The van der Waals surface area contributed by atoms with Gasteiger partial charge in [-0.15, -0.1) is 0 Å². The lowest BCUT2D eigenvalue weighted by Crippen LogP contribution is -2.00. The van der Waals surface area contributed by atoms with Crippen molar-refractivity contribution in [3.63, 3.8) is 0 Å². The Balaban J connectivity index is 2.06. The standard InChI is InChI=1S/C16H19NO/c1-12-6-13(2)8-16(7-12)18-11-15-5-3-4-14(9-15)10-17/h3-9H,10-11,17H2,1-2H3. The molecule has 0 aromatic heterocycles. The highest BCUT2D eigenvalue weighted by atomic mass is 16.5. The van der Waals surface area contributed by atoms with Crippen molar-refractivity contribution in [2.24, 2.45) is 5.73 Å². The van der Waals surface area contributed by atoms with Crippen molar-refractivity contribution < 1.29 is 4.74 Å². The monoisotopic (exact) mass is 241 g/mol. The molecule has 2 nitrogen and oxygen atoms in total. The lowest BCUT2D eigenvalue weighted by Gasteiger charge is -2.09. The molecule has 0 spiro atoms. The van der Waals surface area contributed by atoms with Crippen LogP contribution in [0.4, 0.5) is 0 Å². The fraction of sp³-hybridized carbons (Fsp3) is 0.250. The van der Waals surface area contributed by atoms with Crippen molar-refractivity contribution in [1.29, 1.82) is 0 Å². The van der Waals surface area contributed by atoms with E-state index < -0.39 is 0 Å². The highest BCUT2D eigenvalue weighted by Gasteiger charge is 1.99. The minimum absolute atomic E-state index is 0.567. The van der Waals surface area contributed by atoms with E-state index in [0.717, 1.165) is 16.9 Å². The molecule has 2 aromatic rings. The average Bonchev–Trinajstić information content (AvgIpc) is 2.35. The zero-order valence-corrected chi connectivity index (χ0v) is 10.9. The van der Waals surface area contributed by atoms with Crippen LogP contribution in [-0.2, 0) is 13.2 Å². The molecule has 0 aliphatic carbocycles. The molecule has 0 fully saturated rings. The third-order valence-corrected chi connectivity index (χ3v) is 2.83. The predicted octanol–water partition coefficient (Wildman–Crippen LogP) is 3.34. The Bertz CT molecular complexity index is 514. The lowest BCUT2D eigenvalue weighted by molar-refractivity contribution is 0.305. The van der Waals surface area contributed by atoms with Gasteiger partial charge in [0.1, 0.15) is 12.4 Å². The van der Waals surface area contributed by atoms with Crippen molar-refractivity contribution in [2.75, 3.05) is 0 Å². The molecular formula is C16H19NO. The van der Waals surface area contributed by atoms with Gasteiger partial charge in [0.2, 0.25) is 0 Å². The van der Waals surface area contributed by atoms with Crippen molar-refractivity contribution in [2.45, 2.75) is 27.0 Å². The van der Waals surface area contributed by atoms with Gasteiger partial charge >= 0.3 is 0 Å². The van der Waals surface area contributed by atoms with Gasteiger partial charge in [0, 0.05) is 6.54 Å². The summed E-state index contributed by atoms with van der Waals surface area (Å²) < 4.78 is 5.81. The second-order valence-electron chi connectivity index (χ2n) is 4.64. The minimum atomic E-state index is 0.567. The normalized spacial score (nSPS) is 10.4. The van der Waals surface area contributed by atoms with E-state index in [9.17, 15) is 0 Å². The molecular weight excluding hydrogens is 222 g/mol. The van der Waals surface area contributed by atoms with Crippen molar-refractivity contribution in [3.05, 3.63) is 64.7 Å². The van der Waals surface area contributed by atoms with Gasteiger partial charge in [-0.1, -0.05) is 30.3 Å². The fourth-order valence-corrected chi connectivity index (χ4v) is 2.03. The van der Waals surface area contributed by atoms with Gasteiger partial charge in [-0.25, -0.2) is 0 Å². The summed E-state index contributed by atoms with van der Waals surface area (Å²) >= 11 is 0. The second-order valence-corrected chi connectivity index (χ2v) is 4.64. The molecule has 0 aliphatic heterocycles. The molecule has 0 amide bonds. The van der Waals surface area contributed by atoms with Crippen LogP contribution in [-0.4, -0.2) is 0 Å². The molecule has 0 saturated carbocycles. The van der Waals surface area contributed by atoms with Gasteiger partial charge in [-0.05, 0) is 48.2 Å². The summed E-state index contributed by atoms with van der Waals surface area (Å²) in [4.78, 5) is 0. The Kier molecular flexibility index (Phi) is 4.00. The maximum atomic E-state index is 5.81. The van der Waals surface area contributed by atoms with E-state index in [4.69, 9.17) is 10.5 Å². The van der Waals surface area contributed by atoms with Gasteiger partial charge < -0.3 is 10.5 Å². The van der Waals surface area contributed by atoms with Crippen LogP contribution in [0.1, 0.15) is 22.3 Å². The van der Waals surface area contributed by atoms with Crippen LogP contribution in [0.15, 0.2) is 42.5 Å². The molecule has 0 saturated heterocycles. The lowest BCUT2D eigenvalue weighted by atomic mass is 10.1. The topological polar surface area (TPSA) is 35.2 Å². The predicted molar refractivity (Wildman–Crippen MR) is 74.6 cm³/mol. The first-order chi connectivity index (χ1) is 8.67. The summed E-state index contributed by atoms with van der Waals surface area (Å²) in [5, 5.41) is 0. The molecule has 0 atom stereocenters. The van der Waals surface area contributed by atoms with E-state index in [1.54, 1.807) is 0 Å². The smallest absolute Gasteiger partial charge is 0.120 e. The van der Waals surface area contributed by atoms with Gasteiger partial charge in [0.05, 0.1) is 0 Å². The Morgan fingerprint density at radius 1 is 0.944 bits per heavy atom. The van der Waals surface area contributed by atoms with Crippen LogP contribution in [0.2, 0.25) is 0 Å². The quantitative estimate of drug-likeness (QED) is 0.891. The van der Waals surface area contributed by atoms with Gasteiger partial charge in [0.25, 0.3) is 0 Å². The van der Waals surface area contributed by atoms with E-state index in [0.29, 0.717) is 13.2 Å². The Labute approximate surface area is 108 Å². The number of benzene rings is 2. The van der Waals surface area contributed by atoms with Crippen molar-refractivity contribution in [3.8, 4) is 5.75 Å². The summed E-state index contributed by atoms with van der Waals surface area (Å²) in [6.07, 6.45) is 0. The number of aryl methyl sites for hydroxylation is 2. The highest BCUT2D eigenvalue weighted by molar-refractivity contribution is 5.33. The summed E-state index contributed by atoms with van der Waals surface area (Å²) in [5.41, 5.74) is 10.4. The van der Waals surface area contributed by atoms with Crippen molar-refractivity contribution in [1.82, 2.24) is 0 Å². The van der Waals surface area contributed by atoms with E-state index in [2.05, 4.69) is 44.2 Å². The Morgan fingerprint density at radius 2 is 1.61 bits per heavy atom. The first-order valence-electron chi connectivity index (χ1n) is 6.16. The van der Waals surface area contributed by atoms with Gasteiger partial charge in [-0.3, -0.25) is 0 Å². The summed E-state index contributed by atoms with van der Waals surface area (Å²) in [7, 11) is 0. The Hall–Kier alpha value is -1.80. The molecule has 2 N–H and O–H groups in total. The van der Waals surface area contributed by atoms with Gasteiger partial charge in [-0.2, -0.15) is 0 Å². The molecule has 18 heavy (non-hydrogen) atoms. The number of rotatable bonds is 4. The molecule has 0 unspecified atom stereocenters. The number of hydrogen-bond acceptors (Lipinski definition) is 2. The van der Waals surface area contributed by atoms with Crippen LogP contribution >= 0.6 is 0 Å². The first kappa shape index (κ1) is 12.7. The summed E-state index contributed by atoms with van der Waals surface area (Å²) in [6, 6.07) is 14.4. The van der Waals surface area contributed by atoms with E-state index in [1.807, 2.05) is 12.1 Å². The van der Waals surface area contributed by atoms with Crippen LogP contribution in [0.3, 0.4) is 0 Å². The molecule has 0 aliphatic rings. The molecule has 0 radical (unpaired) electrons. The van der Waals surface area contributed by atoms with Crippen LogP contribution in [0, 0.1) is 13.8 Å². The molecule has 2 aromatic carbocycles. The zero-order chi connectivity index (χ0) is 13.0. The maximum absolute atomic E-state index is 5.81.